The van der Waals surface area contributed by atoms with E-state index in [1.165, 1.54) is 0 Å². The average Bonchev–Trinajstić information content (AvgIpc) is 2.90. The normalized spacial score (nSPS) is 13.8. The van der Waals surface area contributed by atoms with Crippen molar-refractivity contribution in [2.45, 2.75) is 25.5 Å². The fourth-order valence-electron chi connectivity index (χ4n) is 2.46. The van der Waals surface area contributed by atoms with Crippen LogP contribution in [-0.2, 0) is 23.3 Å². The van der Waals surface area contributed by atoms with E-state index in [0.717, 1.165) is 5.69 Å². The van der Waals surface area contributed by atoms with Gasteiger partial charge in [-0.1, -0.05) is 15.9 Å². The second-order valence-electron chi connectivity index (χ2n) is 5.13. The van der Waals surface area contributed by atoms with Crippen LogP contribution in [0.25, 0.3) is 0 Å². The first kappa shape index (κ1) is 14.8. The van der Waals surface area contributed by atoms with Crippen LogP contribution in [0.15, 0.2) is 29.2 Å². The number of nitrogens with zero attached hydrogens (tertiary/aromatic N) is 4. The van der Waals surface area contributed by atoms with Crippen molar-refractivity contribution in [3.8, 4) is 0 Å². The van der Waals surface area contributed by atoms with Gasteiger partial charge in [0.25, 0.3) is 5.56 Å². The summed E-state index contributed by atoms with van der Waals surface area (Å²) >= 11 is 3.27. The largest absolute Gasteiger partial charge is 0.335 e. The van der Waals surface area contributed by atoms with Gasteiger partial charge in [0.2, 0.25) is 5.91 Å². The summed E-state index contributed by atoms with van der Waals surface area (Å²) < 4.78 is 3.42. The van der Waals surface area contributed by atoms with E-state index in [1.807, 2.05) is 10.7 Å². The van der Waals surface area contributed by atoms with Gasteiger partial charge in [0.15, 0.2) is 5.82 Å². The van der Waals surface area contributed by atoms with Crippen molar-refractivity contribution in [2.75, 3.05) is 11.9 Å². The molecule has 0 aromatic carbocycles. The Balaban J connectivity index is 1.84. The summed E-state index contributed by atoms with van der Waals surface area (Å²) in [4.78, 5) is 25.4. The number of hydrogen-bond donors (Lipinski definition) is 1. The van der Waals surface area contributed by atoms with Crippen LogP contribution in [0.3, 0.4) is 0 Å². The number of aromatic nitrogens is 3. The molecule has 2 aromatic heterocycles. The summed E-state index contributed by atoms with van der Waals surface area (Å²) in [6.45, 7) is 3.44. The Morgan fingerprint density at radius 1 is 1.45 bits per heavy atom. The molecule has 1 N–H and O–H groups in total. The van der Waals surface area contributed by atoms with E-state index >= 15 is 0 Å². The van der Waals surface area contributed by atoms with Crippen molar-refractivity contribution in [2.24, 2.45) is 0 Å². The molecular formula is C14H16BrN5O2. The number of nitrogens with one attached hydrogen (secondary N) is 1. The minimum Gasteiger partial charge on any atom is -0.335 e. The van der Waals surface area contributed by atoms with Crippen LogP contribution in [-0.4, -0.2) is 31.7 Å². The van der Waals surface area contributed by atoms with Gasteiger partial charge in [-0.25, -0.2) is 0 Å². The number of hydrogen-bond acceptors (Lipinski definition) is 4. The Hall–Kier alpha value is -2.09. The fraction of sp³-hybridized carbons (Fsp3) is 0.357. The Labute approximate surface area is 135 Å². The van der Waals surface area contributed by atoms with Crippen LogP contribution >= 0.6 is 15.9 Å². The Bertz CT molecular complexity index is 767. The van der Waals surface area contributed by atoms with Gasteiger partial charge in [0.1, 0.15) is 5.69 Å². The maximum Gasteiger partial charge on any atom is 0.275 e. The zero-order valence-electron chi connectivity index (χ0n) is 12.1. The van der Waals surface area contributed by atoms with E-state index in [4.69, 9.17) is 0 Å². The molecule has 1 aliphatic rings. The van der Waals surface area contributed by atoms with Crippen LogP contribution < -0.4 is 10.9 Å². The number of fused-ring (bicyclic) bond motifs is 1. The topological polar surface area (TPSA) is 72.2 Å². The number of anilines is 2. The van der Waals surface area contributed by atoms with Gasteiger partial charge < -0.3 is 14.8 Å². The molecule has 22 heavy (non-hydrogen) atoms. The molecule has 0 saturated carbocycles. The van der Waals surface area contributed by atoms with Crippen LogP contribution in [0.1, 0.15) is 12.6 Å². The second-order valence-corrected chi connectivity index (χ2v) is 5.63. The Kier molecular flexibility index (Phi) is 4.02. The third kappa shape index (κ3) is 2.78. The molecule has 0 unspecified atom stereocenters. The van der Waals surface area contributed by atoms with Gasteiger partial charge in [-0.2, -0.15) is 5.10 Å². The van der Waals surface area contributed by atoms with Gasteiger partial charge in [-0.05, 0) is 12.1 Å². The van der Waals surface area contributed by atoms with Gasteiger partial charge in [-0.3, -0.25) is 14.3 Å². The number of carbonyl (C=O) groups excluding carboxylic acids is 1. The molecule has 0 spiro atoms. The standard InChI is InChI=1S/C14H16BrN5O2/c1-10(21)18-5-6-20-11(8-18)7-13(17-20)16-12-3-2-4-19(9-15)14(12)22/h2-4,7H,5-6,8-9H2,1H3,(H,16,17). The number of rotatable bonds is 3. The average molecular weight is 366 g/mol. The highest BCUT2D eigenvalue weighted by atomic mass is 79.9. The van der Waals surface area contributed by atoms with E-state index in [2.05, 4.69) is 26.3 Å². The molecule has 3 heterocycles. The molecule has 2 aromatic rings. The third-order valence-electron chi connectivity index (χ3n) is 3.65. The molecular weight excluding hydrogens is 350 g/mol. The van der Waals surface area contributed by atoms with Crippen molar-refractivity contribution < 1.29 is 4.79 Å². The van der Waals surface area contributed by atoms with Crippen molar-refractivity contribution in [1.82, 2.24) is 19.2 Å². The number of amides is 1. The van der Waals surface area contributed by atoms with Crippen molar-refractivity contribution in [3.05, 3.63) is 40.4 Å². The van der Waals surface area contributed by atoms with Crippen LogP contribution in [0.5, 0.6) is 0 Å². The third-order valence-corrected chi connectivity index (χ3v) is 4.20. The zero-order chi connectivity index (χ0) is 15.7. The highest BCUT2D eigenvalue weighted by Crippen LogP contribution is 2.18. The zero-order valence-corrected chi connectivity index (χ0v) is 13.7. The SMILES string of the molecule is CC(=O)N1CCn2nc(Nc3cccn(CBr)c3=O)cc2C1. The first-order valence-corrected chi connectivity index (χ1v) is 8.05. The van der Waals surface area contributed by atoms with Gasteiger partial charge in [-0.15, -0.1) is 0 Å². The van der Waals surface area contributed by atoms with E-state index in [0.29, 0.717) is 36.6 Å². The minimum atomic E-state index is -0.115. The predicted molar refractivity (Wildman–Crippen MR) is 86.2 cm³/mol. The first-order valence-electron chi connectivity index (χ1n) is 6.93. The molecule has 3 rings (SSSR count). The molecule has 0 atom stereocenters. The highest BCUT2D eigenvalue weighted by Gasteiger charge is 2.20. The van der Waals surface area contributed by atoms with Gasteiger partial charge >= 0.3 is 0 Å². The number of halogens is 1. The summed E-state index contributed by atoms with van der Waals surface area (Å²) in [5.41, 5.74) is 1.76. The van der Waals surface area contributed by atoms with Crippen LogP contribution in [0.4, 0.5) is 11.5 Å². The van der Waals surface area contributed by atoms with E-state index in [-0.39, 0.29) is 11.5 Å². The smallest absolute Gasteiger partial charge is 0.275 e. The van der Waals surface area contributed by atoms with Crippen LogP contribution in [0.2, 0.25) is 0 Å². The lowest BCUT2D eigenvalue weighted by Crippen LogP contribution is -2.36. The summed E-state index contributed by atoms with van der Waals surface area (Å²) in [7, 11) is 0. The van der Waals surface area contributed by atoms with Crippen molar-refractivity contribution >= 4 is 33.3 Å². The van der Waals surface area contributed by atoms with Gasteiger partial charge in [0.05, 0.1) is 24.2 Å². The molecule has 0 bridgehead atoms. The highest BCUT2D eigenvalue weighted by molar-refractivity contribution is 9.08. The molecule has 0 aliphatic carbocycles. The lowest BCUT2D eigenvalue weighted by molar-refractivity contribution is -0.130. The molecule has 0 saturated heterocycles. The minimum absolute atomic E-state index is 0.0604. The Morgan fingerprint density at radius 2 is 2.27 bits per heavy atom. The summed E-state index contributed by atoms with van der Waals surface area (Å²) in [6.07, 6.45) is 1.71. The number of alkyl halides is 1. The van der Waals surface area contributed by atoms with Crippen LogP contribution in [0, 0.1) is 0 Å². The molecule has 1 aliphatic heterocycles. The molecule has 7 nitrogen and oxygen atoms in total. The lowest BCUT2D eigenvalue weighted by Gasteiger charge is -2.26. The van der Waals surface area contributed by atoms with E-state index in [9.17, 15) is 9.59 Å². The first-order chi connectivity index (χ1) is 10.6. The summed E-state index contributed by atoms with van der Waals surface area (Å²) in [6, 6.07) is 5.40. The van der Waals surface area contributed by atoms with E-state index in [1.54, 1.807) is 34.7 Å². The molecule has 0 fully saturated rings. The Morgan fingerprint density at radius 3 is 3.00 bits per heavy atom. The monoisotopic (exact) mass is 365 g/mol. The number of carbonyl (C=O) groups is 1. The number of pyridine rings is 1. The quantitative estimate of drug-likeness (QED) is 0.836. The van der Waals surface area contributed by atoms with E-state index < -0.39 is 0 Å². The second kappa shape index (κ2) is 5.96. The maximum atomic E-state index is 12.2. The molecule has 116 valence electrons. The molecule has 1 amide bonds. The summed E-state index contributed by atoms with van der Waals surface area (Å²) in [5, 5.41) is 7.50. The molecule has 8 heteroatoms. The predicted octanol–water partition coefficient (Wildman–Crippen LogP) is 1.50. The summed E-state index contributed by atoms with van der Waals surface area (Å²) in [5.74, 6) is 0.676. The molecule has 0 radical (unpaired) electrons. The van der Waals surface area contributed by atoms with Gasteiger partial charge in [0, 0.05) is 25.7 Å². The van der Waals surface area contributed by atoms with Crippen molar-refractivity contribution in [1.29, 1.82) is 0 Å². The lowest BCUT2D eigenvalue weighted by atomic mass is 10.3. The van der Waals surface area contributed by atoms with Crippen molar-refractivity contribution in [3.63, 3.8) is 0 Å². The fourth-order valence-corrected chi connectivity index (χ4v) is 2.86. The maximum absolute atomic E-state index is 12.2.